The summed E-state index contributed by atoms with van der Waals surface area (Å²) in [5.74, 6) is 1.60. The van der Waals surface area contributed by atoms with Crippen LogP contribution < -0.4 is 4.74 Å². The van der Waals surface area contributed by atoms with Gasteiger partial charge in [-0.3, -0.25) is 0 Å². The third-order valence-electron chi connectivity index (χ3n) is 4.21. The van der Waals surface area contributed by atoms with E-state index in [1.54, 1.807) is 0 Å². The maximum Gasteiger partial charge on any atom is 0.164 e. The van der Waals surface area contributed by atoms with Crippen LogP contribution in [-0.4, -0.2) is 15.6 Å². The van der Waals surface area contributed by atoms with Crippen LogP contribution in [0.1, 0.15) is 37.1 Å². The number of hydrogen-bond donors (Lipinski definition) is 0. The van der Waals surface area contributed by atoms with Crippen molar-refractivity contribution in [3.8, 4) is 17.1 Å². The lowest BCUT2D eigenvalue weighted by Crippen LogP contribution is -2.24. The number of ether oxygens (including phenoxy) is 1. The molecule has 0 unspecified atom stereocenters. The molecule has 1 aliphatic carbocycles. The quantitative estimate of drug-likeness (QED) is 0.747. The molecule has 21 heavy (non-hydrogen) atoms. The number of rotatable bonds is 1. The molecule has 3 nitrogen and oxygen atoms in total. The molecule has 0 saturated heterocycles. The first kappa shape index (κ1) is 13.1. The smallest absolute Gasteiger partial charge is 0.164 e. The Balaban J connectivity index is 1.86. The van der Waals surface area contributed by atoms with Crippen LogP contribution in [0.3, 0.4) is 0 Å². The Hall–Kier alpha value is -1.61. The molecule has 1 aromatic heterocycles. The number of nitrogens with zero attached hydrogens (tertiary/aromatic N) is 2. The molecule has 1 aliphatic heterocycles. The normalized spacial score (nSPS) is 18.2. The zero-order chi connectivity index (χ0) is 14.6. The summed E-state index contributed by atoms with van der Waals surface area (Å²) >= 11 is 6.34. The highest BCUT2D eigenvalue weighted by molar-refractivity contribution is 6.30. The second-order valence-corrected chi connectivity index (χ2v) is 6.81. The van der Waals surface area contributed by atoms with Crippen molar-refractivity contribution >= 4 is 11.6 Å². The van der Waals surface area contributed by atoms with Crippen LogP contribution in [0.25, 0.3) is 11.4 Å². The zero-order valence-electron chi connectivity index (χ0n) is 12.2. The van der Waals surface area contributed by atoms with E-state index in [-0.39, 0.29) is 5.60 Å². The van der Waals surface area contributed by atoms with Crippen molar-refractivity contribution < 1.29 is 4.74 Å². The highest BCUT2D eigenvalue weighted by atomic mass is 35.5. The average Bonchev–Trinajstić information content (AvgIpc) is 3.00. The van der Waals surface area contributed by atoms with E-state index >= 15 is 0 Å². The summed E-state index contributed by atoms with van der Waals surface area (Å²) in [4.78, 5) is 9.25. The molecular formula is C17H17ClN2O. The van der Waals surface area contributed by atoms with E-state index in [0.717, 1.165) is 48.3 Å². The summed E-state index contributed by atoms with van der Waals surface area (Å²) in [5.41, 5.74) is 4.22. The Morgan fingerprint density at radius 2 is 2.05 bits per heavy atom. The van der Waals surface area contributed by atoms with Crippen molar-refractivity contribution in [2.24, 2.45) is 0 Å². The average molecular weight is 301 g/mol. The number of hydrogen-bond acceptors (Lipinski definition) is 3. The molecule has 0 bridgehead atoms. The standard InChI is InChI=1S/C17H17ClN2O/c1-17(2)9-10-5-3-7-12(14(10)21-17)16-19-13-8-4-6-11(13)15(18)20-16/h3,5,7H,4,6,8-9H2,1-2H3. The molecule has 108 valence electrons. The minimum atomic E-state index is -0.168. The molecule has 0 radical (unpaired) electrons. The van der Waals surface area contributed by atoms with Gasteiger partial charge in [0.25, 0.3) is 0 Å². The molecule has 0 spiro atoms. The third-order valence-corrected chi connectivity index (χ3v) is 4.53. The predicted molar refractivity (Wildman–Crippen MR) is 82.9 cm³/mol. The number of fused-ring (bicyclic) bond motifs is 2. The van der Waals surface area contributed by atoms with Gasteiger partial charge >= 0.3 is 0 Å². The summed E-state index contributed by atoms with van der Waals surface area (Å²) < 4.78 is 6.12. The van der Waals surface area contributed by atoms with E-state index in [9.17, 15) is 0 Å². The lowest BCUT2D eigenvalue weighted by atomic mass is 10.0. The van der Waals surface area contributed by atoms with Crippen LogP contribution in [-0.2, 0) is 19.3 Å². The zero-order valence-corrected chi connectivity index (χ0v) is 13.0. The Morgan fingerprint density at radius 1 is 1.19 bits per heavy atom. The first-order valence-corrected chi connectivity index (χ1v) is 7.78. The monoisotopic (exact) mass is 300 g/mol. The van der Waals surface area contributed by atoms with Crippen molar-refractivity contribution in [1.82, 2.24) is 9.97 Å². The molecule has 0 saturated carbocycles. The number of aromatic nitrogens is 2. The Kier molecular flexibility index (Phi) is 2.77. The Morgan fingerprint density at radius 3 is 2.90 bits per heavy atom. The maximum absolute atomic E-state index is 6.34. The van der Waals surface area contributed by atoms with Crippen molar-refractivity contribution in [2.45, 2.75) is 45.1 Å². The fraction of sp³-hybridized carbons (Fsp3) is 0.412. The van der Waals surface area contributed by atoms with Gasteiger partial charge in [0, 0.05) is 17.7 Å². The molecule has 2 aliphatic rings. The fourth-order valence-electron chi connectivity index (χ4n) is 3.30. The Labute approximate surface area is 129 Å². The molecule has 0 fully saturated rings. The van der Waals surface area contributed by atoms with Gasteiger partial charge in [-0.05, 0) is 44.7 Å². The van der Waals surface area contributed by atoms with Crippen LogP contribution in [0.2, 0.25) is 5.15 Å². The molecule has 0 atom stereocenters. The minimum absolute atomic E-state index is 0.168. The van der Waals surface area contributed by atoms with Crippen LogP contribution in [0, 0.1) is 0 Å². The SMILES string of the molecule is CC1(C)Cc2cccc(-c3nc(Cl)c4c(n3)CCC4)c2O1. The van der Waals surface area contributed by atoms with Gasteiger partial charge in [0.1, 0.15) is 16.5 Å². The van der Waals surface area contributed by atoms with Gasteiger partial charge in [-0.15, -0.1) is 0 Å². The molecular weight excluding hydrogens is 284 g/mol. The lowest BCUT2D eigenvalue weighted by molar-refractivity contribution is 0.139. The van der Waals surface area contributed by atoms with Crippen molar-refractivity contribution in [2.75, 3.05) is 0 Å². The van der Waals surface area contributed by atoms with Gasteiger partial charge in [0.05, 0.1) is 5.56 Å². The minimum Gasteiger partial charge on any atom is -0.486 e. The summed E-state index contributed by atoms with van der Waals surface area (Å²) in [6.07, 6.45) is 4.01. The van der Waals surface area contributed by atoms with E-state index in [1.807, 2.05) is 12.1 Å². The molecule has 4 heteroatoms. The van der Waals surface area contributed by atoms with E-state index in [4.69, 9.17) is 21.3 Å². The van der Waals surface area contributed by atoms with Crippen molar-refractivity contribution in [3.63, 3.8) is 0 Å². The summed E-state index contributed by atoms with van der Waals surface area (Å²) in [5, 5.41) is 0.599. The van der Waals surface area contributed by atoms with Crippen molar-refractivity contribution in [1.29, 1.82) is 0 Å². The van der Waals surface area contributed by atoms with E-state index in [0.29, 0.717) is 11.0 Å². The number of benzene rings is 1. The summed E-state index contributed by atoms with van der Waals surface area (Å²) in [6, 6.07) is 6.18. The Bertz CT molecular complexity index is 740. The number of aryl methyl sites for hydroxylation is 1. The molecule has 4 rings (SSSR count). The highest BCUT2D eigenvalue weighted by Crippen LogP contribution is 2.42. The van der Waals surface area contributed by atoms with Crippen molar-refractivity contribution in [3.05, 3.63) is 40.2 Å². The summed E-state index contributed by atoms with van der Waals surface area (Å²) in [6.45, 7) is 4.21. The van der Waals surface area contributed by atoms with Crippen LogP contribution >= 0.6 is 11.6 Å². The maximum atomic E-state index is 6.34. The number of para-hydroxylation sites is 1. The van der Waals surface area contributed by atoms with Gasteiger partial charge in [-0.2, -0.15) is 0 Å². The molecule has 2 heterocycles. The van der Waals surface area contributed by atoms with Gasteiger partial charge in [-0.25, -0.2) is 9.97 Å². The van der Waals surface area contributed by atoms with E-state index in [1.165, 1.54) is 5.56 Å². The van der Waals surface area contributed by atoms with Crippen LogP contribution in [0.5, 0.6) is 5.75 Å². The third kappa shape index (κ3) is 2.11. The van der Waals surface area contributed by atoms with Gasteiger partial charge in [0.2, 0.25) is 0 Å². The van der Waals surface area contributed by atoms with Gasteiger partial charge in [0.15, 0.2) is 5.82 Å². The van der Waals surface area contributed by atoms with E-state index < -0.39 is 0 Å². The second-order valence-electron chi connectivity index (χ2n) is 6.45. The number of halogens is 1. The first-order chi connectivity index (χ1) is 10.0. The van der Waals surface area contributed by atoms with Crippen LogP contribution in [0.4, 0.5) is 0 Å². The molecule has 0 N–H and O–H groups in total. The van der Waals surface area contributed by atoms with Crippen LogP contribution in [0.15, 0.2) is 18.2 Å². The lowest BCUT2D eigenvalue weighted by Gasteiger charge is -2.18. The molecule has 1 aromatic carbocycles. The van der Waals surface area contributed by atoms with E-state index in [2.05, 4.69) is 24.9 Å². The van der Waals surface area contributed by atoms with Gasteiger partial charge < -0.3 is 4.74 Å². The largest absolute Gasteiger partial charge is 0.486 e. The first-order valence-electron chi connectivity index (χ1n) is 7.40. The molecule has 0 amide bonds. The fourth-order valence-corrected chi connectivity index (χ4v) is 3.58. The second kappa shape index (κ2) is 4.44. The summed E-state index contributed by atoms with van der Waals surface area (Å²) in [7, 11) is 0. The van der Waals surface area contributed by atoms with Gasteiger partial charge in [-0.1, -0.05) is 23.7 Å². The topological polar surface area (TPSA) is 35.0 Å². The molecule has 2 aromatic rings. The predicted octanol–water partition coefficient (Wildman–Crippen LogP) is 4.00. The highest BCUT2D eigenvalue weighted by Gasteiger charge is 2.32.